The number of likely N-dealkylation sites (tertiary alicyclic amines) is 1. The van der Waals surface area contributed by atoms with Crippen molar-refractivity contribution in [3.8, 4) is 0 Å². The Bertz CT molecular complexity index is 290. The van der Waals surface area contributed by atoms with Crippen molar-refractivity contribution in [2.24, 2.45) is 17.1 Å². The van der Waals surface area contributed by atoms with E-state index in [4.69, 9.17) is 5.73 Å². The molecule has 0 spiro atoms. The first-order valence-electron chi connectivity index (χ1n) is 8.02. The number of piperidine rings is 1. The summed E-state index contributed by atoms with van der Waals surface area (Å²) in [4.78, 5) is 5.05. The van der Waals surface area contributed by atoms with Crippen molar-refractivity contribution >= 4 is 0 Å². The second kappa shape index (κ2) is 6.11. The lowest BCUT2D eigenvalue weighted by atomic mass is 9.70. The van der Waals surface area contributed by atoms with Gasteiger partial charge in [-0.15, -0.1) is 0 Å². The monoisotopic (exact) mass is 267 g/mol. The maximum Gasteiger partial charge on any atom is 0.0220 e. The predicted octanol–water partition coefficient (Wildman–Crippen LogP) is 2.17. The van der Waals surface area contributed by atoms with E-state index >= 15 is 0 Å². The molecule has 0 amide bonds. The molecule has 3 atom stereocenters. The first-order chi connectivity index (χ1) is 8.87. The lowest BCUT2D eigenvalue weighted by Crippen LogP contribution is -2.50. The van der Waals surface area contributed by atoms with Crippen LogP contribution in [0.5, 0.6) is 0 Å². The molecule has 2 N–H and O–H groups in total. The molecule has 2 rings (SSSR count). The SMILES string of the molecule is CN1CCCC(N(C)CC2CC(C)(C)CCC2N)C1. The van der Waals surface area contributed by atoms with Crippen molar-refractivity contribution in [3.05, 3.63) is 0 Å². The van der Waals surface area contributed by atoms with Crippen molar-refractivity contribution in [2.75, 3.05) is 33.7 Å². The lowest BCUT2D eigenvalue weighted by Gasteiger charge is -2.43. The molecule has 3 nitrogen and oxygen atoms in total. The van der Waals surface area contributed by atoms with E-state index in [0.717, 1.165) is 6.04 Å². The number of hydrogen-bond donors (Lipinski definition) is 1. The van der Waals surface area contributed by atoms with Gasteiger partial charge in [0.15, 0.2) is 0 Å². The van der Waals surface area contributed by atoms with Crippen LogP contribution in [0.3, 0.4) is 0 Å². The summed E-state index contributed by atoms with van der Waals surface area (Å²) < 4.78 is 0. The second-order valence-electron chi connectivity index (χ2n) is 7.83. The molecule has 2 fully saturated rings. The van der Waals surface area contributed by atoms with E-state index in [1.54, 1.807) is 0 Å². The average Bonchev–Trinajstić information content (AvgIpc) is 2.33. The van der Waals surface area contributed by atoms with E-state index < -0.39 is 0 Å². The molecule has 3 unspecified atom stereocenters. The van der Waals surface area contributed by atoms with Crippen LogP contribution in [0.1, 0.15) is 46.0 Å². The molecular weight excluding hydrogens is 234 g/mol. The zero-order valence-corrected chi connectivity index (χ0v) is 13.4. The number of nitrogens with two attached hydrogens (primary N) is 1. The minimum absolute atomic E-state index is 0.414. The smallest absolute Gasteiger partial charge is 0.0220 e. The van der Waals surface area contributed by atoms with Gasteiger partial charge in [0.2, 0.25) is 0 Å². The zero-order chi connectivity index (χ0) is 14.0. The van der Waals surface area contributed by atoms with Crippen LogP contribution in [0.25, 0.3) is 0 Å². The van der Waals surface area contributed by atoms with Crippen LogP contribution in [-0.2, 0) is 0 Å². The molecule has 0 radical (unpaired) electrons. The fraction of sp³-hybridized carbons (Fsp3) is 1.00. The maximum atomic E-state index is 6.37. The highest BCUT2D eigenvalue weighted by atomic mass is 15.2. The molecule has 1 aliphatic carbocycles. The Labute approximate surface area is 119 Å². The van der Waals surface area contributed by atoms with E-state index in [-0.39, 0.29) is 0 Å². The highest BCUT2D eigenvalue weighted by molar-refractivity contribution is 4.89. The van der Waals surface area contributed by atoms with E-state index in [2.05, 4.69) is 37.7 Å². The number of nitrogens with zero attached hydrogens (tertiary/aromatic N) is 2. The van der Waals surface area contributed by atoms with Crippen LogP contribution in [0.15, 0.2) is 0 Å². The Balaban J connectivity index is 1.88. The van der Waals surface area contributed by atoms with Crippen molar-refractivity contribution in [1.29, 1.82) is 0 Å². The molecule has 0 aromatic rings. The molecule has 0 aromatic heterocycles. The summed E-state index contributed by atoms with van der Waals surface area (Å²) in [7, 11) is 4.55. The van der Waals surface area contributed by atoms with Crippen LogP contribution in [0.2, 0.25) is 0 Å². The molecule has 1 saturated heterocycles. The average molecular weight is 267 g/mol. The summed E-state index contributed by atoms with van der Waals surface area (Å²) in [5, 5.41) is 0. The minimum atomic E-state index is 0.414. The topological polar surface area (TPSA) is 32.5 Å². The molecule has 0 bridgehead atoms. The van der Waals surface area contributed by atoms with Gasteiger partial charge >= 0.3 is 0 Å². The lowest BCUT2D eigenvalue weighted by molar-refractivity contribution is 0.0802. The van der Waals surface area contributed by atoms with E-state index in [9.17, 15) is 0 Å². The molecule has 3 heteroatoms. The molecular formula is C16H33N3. The van der Waals surface area contributed by atoms with Gasteiger partial charge in [0.1, 0.15) is 0 Å². The quantitative estimate of drug-likeness (QED) is 0.850. The van der Waals surface area contributed by atoms with Gasteiger partial charge in [0.25, 0.3) is 0 Å². The fourth-order valence-corrected chi connectivity index (χ4v) is 3.97. The summed E-state index contributed by atoms with van der Waals surface area (Å²) in [5.74, 6) is 0.681. The van der Waals surface area contributed by atoms with E-state index in [1.165, 1.54) is 51.7 Å². The van der Waals surface area contributed by atoms with Gasteiger partial charge in [-0.05, 0) is 64.1 Å². The molecule has 19 heavy (non-hydrogen) atoms. The number of hydrogen-bond acceptors (Lipinski definition) is 3. The highest BCUT2D eigenvalue weighted by Crippen LogP contribution is 2.38. The first kappa shape index (κ1) is 15.3. The molecule has 2 aliphatic rings. The Morgan fingerprint density at radius 2 is 2.05 bits per heavy atom. The molecule has 0 aromatic carbocycles. The van der Waals surface area contributed by atoms with Gasteiger partial charge in [0.05, 0.1) is 0 Å². The van der Waals surface area contributed by atoms with E-state index in [0.29, 0.717) is 17.4 Å². The Hall–Kier alpha value is -0.120. The Kier molecular flexibility index (Phi) is 4.91. The Morgan fingerprint density at radius 3 is 2.74 bits per heavy atom. The van der Waals surface area contributed by atoms with Crippen molar-refractivity contribution in [2.45, 2.75) is 58.0 Å². The zero-order valence-electron chi connectivity index (χ0n) is 13.4. The Morgan fingerprint density at radius 1 is 1.32 bits per heavy atom. The van der Waals surface area contributed by atoms with Gasteiger partial charge in [-0.2, -0.15) is 0 Å². The predicted molar refractivity (Wildman–Crippen MR) is 82.2 cm³/mol. The van der Waals surface area contributed by atoms with Crippen LogP contribution in [0.4, 0.5) is 0 Å². The third kappa shape index (κ3) is 4.17. The molecule has 112 valence electrons. The van der Waals surface area contributed by atoms with Crippen LogP contribution in [0, 0.1) is 11.3 Å². The largest absolute Gasteiger partial charge is 0.327 e. The van der Waals surface area contributed by atoms with Crippen molar-refractivity contribution in [1.82, 2.24) is 9.80 Å². The van der Waals surface area contributed by atoms with Gasteiger partial charge in [-0.3, -0.25) is 0 Å². The number of likely N-dealkylation sites (N-methyl/N-ethyl adjacent to an activating group) is 2. The second-order valence-corrected chi connectivity index (χ2v) is 7.83. The van der Waals surface area contributed by atoms with Gasteiger partial charge in [-0.25, -0.2) is 0 Å². The van der Waals surface area contributed by atoms with Crippen LogP contribution in [-0.4, -0.2) is 55.6 Å². The van der Waals surface area contributed by atoms with Gasteiger partial charge in [0, 0.05) is 25.2 Å². The van der Waals surface area contributed by atoms with Gasteiger partial charge < -0.3 is 15.5 Å². The summed E-state index contributed by atoms with van der Waals surface area (Å²) in [6, 6.07) is 1.15. The summed E-state index contributed by atoms with van der Waals surface area (Å²) >= 11 is 0. The maximum absolute atomic E-state index is 6.37. The van der Waals surface area contributed by atoms with Gasteiger partial charge in [-0.1, -0.05) is 13.8 Å². The molecule has 1 heterocycles. The standard InChI is InChI=1S/C16H33N3/c1-16(2)8-7-15(17)13(10-16)11-19(4)14-6-5-9-18(3)12-14/h13-15H,5-12,17H2,1-4H3. The fourth-order valence-electron chi connectivity index (χ4n) is 3.97. The summed E-state index contributed by atoms with van der Waals surface area (Å²) in [6.45, 7) is 8.48. The highest BCUT2D eigenvalue weighted by Gasteiger charge is 2.34. The summed E-state index contributed by atoms with van der Waals surface area (Å²) in [6.07, 6.45) is 6.48. The van der Waals surface area contributed by atoms with Crippen LogP contribution < -0.4 is 5.73 Å². The third-order valence-electron chi connectivity index (χ3n) is 5.32. The summed E-state index contributed by atoms with van der Waals surface area (Å²) in [5.41, 5.74) is 6.86. The normalized spacial score (nSPS) is 36.6. The minimum Gasteiger partial charge on any atom is -0.327 e. The molecule has 1 aliphatic heterocycles. The molecule has 1 saturated carbocycles. The first-order valence-corrected chi connectivity index (χ1v) is 8.02. The number of rotatable bonds is 3. The van der Waals surface area contributed by atoms with Crippen molar-refractivity contribution in [3.63, 3.8) is 0 Å². The van der Waals surface area contributed by atoms with Crippen LogP contribution >= 0.6 is 0 Å². The third-order valence-corrected chi connectivity index (χ3v) is 5.32. The van der Waals surface area contributed by atoms with Crippen molar-refractivity contribution < 1.29 is 0 Å². The van der Waals surface area contributed by atoms with E-state index in [1.807, 2.05) is 0 Å².